The third-order valence-electron chi connectivity index (χ3n) is 13.9. The normalized spacial score (nSPS) is 15.8. The molecule has 0 N–H and O–H groups in total. The van der Waals surface area contributed by atoms with Gasteiger partial charge in [-0.3, -0.25) is 9.80 Å². The highest BCUT2D eigenvalue weighted by atomic mass is 32.3. The van der Waals surface area contributed by atoms with Crippen LogP contribution in [-0.2, 0) is 44.7 Å². The Morgan fingerprint density at radius 3 is 1.02 bits per heavy atom. The molecule has 2 aliphatic heterocycles. The summed E-state index contributed by atoms with van der Waals surface area (Å²) >= 11 is 0. The molecule has 0 radical (unpaired) electrons. The maximum absolute atomic E-state index is 13.5. The first-order valence-corrected chi connectivity index (χ1v) is 27.5. The predicted octanol–water partition coefficient (Wildman–Crippen LogP) is 14.9. The van der Waals surface area contributed by atoms with Gasteiger partial charge < -0.3 is 0 Å². The maximum atomic E-state index is 13.5. The van der Waals surface area contributed by atoms with Crippen molar-refractivity contribution in [2.45, 2.75) is 244 Å². The van der Waals surface area contributed by atoms with Crippen LogP contribution in [0, 0.1) is 0 Å². The van der Waals surface area contributed by atoms with Crippen molar-refractivity contribution in [1.82, 2.24) is 9.80 Å². The lowest BCUT2D eigenvalue weighted by Crippen LogP contribution is -2.43. The molecule has 0 fully saturated rings. The van der Waals surface area contributed by atoms with E-state index in [4.69, 9.17) is 8.37 Å². The topological polar surface area (TPSA) is 59.1 Å². The van der Waals surface area contributed by atoms with Gasteiger partial charge in [0.25, 0.3) is 0 Å². The van der Waals surface area contributed by atoms with Crippen LogP contribution in [0.3, 0.4) is 0 Å². The van der Waals surface area contributed by atoms with Crippen LogP contribution in [0.25, 0.3) is 0 Å². The fourth-order valence-electron chi connectivity index (χ4n) is 9.91. The van der Waals surface area contributed by atoms with Crippen LogP contribution >= 0.6 is 0 Å². The van der Waals surface area contributed by atoms with E-state index in [0.717, 1.165) is 64.7 Å². The largest absolute Gasteiger partial charge is 0.399 e. The van der Waals surface area contributed by atoms with E-state index in [9.17, 15) is 8.42 Å². The number of fused-ring (bicyclic) bond motifs is 2. The highest BCUT2D eigenvalue weighted by molar-refractivity contribution is 7.81. The molecule has 0 aromatic heterocycles. The first kappa shape index (κ1) is 51.9. The zero-order valence-corrected chi connectivity index (χ0v) is 40.4. The minimum Gasteiger partial charge on any atom is -0.293 e. The molecule has 348 valence electrons. The number of hydrogen-bond acceptors (Lipinski definition) is 6. The van der Waals surface area contributed by atoms with Gasteiger partial charge in [-0.05, 0) is 47.9 Å². The Kier molecular flexibility index (Phi) is 27.9. The quantitative estimate of drug-likeness (QED) is 0.0627. The van der Waals surface area contributed by atoms with E-state index in [2.05, 4.69) is 72.2 Å². The third kappa shape index (κ3) is 22.6. The van der Waals surface area contributed by atoms with Gasteiger partial charge in [-0.2, -0.15) is 8.42 Å². The Hall–Kier alpha value is -1.77. The van der Waals surface area contributed by atoms with Gasteiger partial charge in [0.05, 0.1) is 13.2 Å². The second-order valence-corrected chi connectivity index (χ2v) is 20.3. The Bertz CT molecular complexity index is 1380. The molecule has 7 heteroatoms. The number of rotatable bonds is 38. The van der Waals surface area contributed by atoms with Crippen LogP contribution in [-0.4, -0.2) is 56.6 Å². The second kappa shape index (κ2) is 32.8. The molecule has 0 amide bonds. The van der Waals surface area contributed by atoms with Gasteiger partial charge in [-0.25, -0.2) is 8.37 Å². The molecule has 2 aromatic rings. The molecular weight excluding hydrogens is 773 g/mol. The van der Waals surface area contributed by atoms with Crippen molar-refractivity contribution < 1.29 is 16.8 Å². The van der Waals surface area contributed by atoms with E-state index in [1.807, 2.05) is 0 Å². The molecule has 0 bridgehead atoms. The Morgan fingerprint density at radius 1 is 0.426 bits per heavy atom. The Morgan fingerprint density at radius 2 is 0.705 bits per heavy atom. The van der Waals surface area contributed by atoms with E-state index >= 15 is 0 Å². The van der Waals surface area contributed by atoms with Crippen molar-refractivity contribution in [3.05, 3.63) is 70.8 Å². The summed E-state index contributed by atoms with van der Waals surface area (Å²) in [4.78, 5) is 4.92. The van der Waals surface area contributed by atoms with Crippen molar-refractivity contribution in [2.24, 2.45) is 0 Å². The van der Waals surface area contributed by atoms with Gasteiger partial charge in [0.1, 0.15) is 0 Å². The first-order valence-electron chi connectivity index (χ1n) is 26.1. The van der Waals surface area contributed by atoms with Crippen molar-refractivity contribution >= 4 is 10.4 Å². The third-order valence-corrected chi connectivity index (χ3v) is 14.8. The zero-order chi connectivity index (χ0) is 43.1. The highest BCUT2D eigenvalue weighted by Gasteiger charge is 2.28. The lowest BCUT2D eigenvalue weighted by Gasteiger charge is -2.36. The number of hydrogen-bond donors (Lipinski definition) is 0. The predicted molar refractivity (Wildman–Crippen MR) is 259 cm³/mol. The zero-order valence-electron chi connectivity index (χ0n) is 39.6. The first-order chi connectivity index (χ1) is 30.0. The molecule has 0 aliphatic carbocycles. The molecule has 6 nitrogen and oxygen atoms in total. The van der Waals surface area contributed by atoms with Gasteiger partial charge in [-0.1, -0.05) is 242 Å². The molecule has 0 saturated heterocycles. The van der Waals surface area contributed by atoms with E-state index in [1.165, 1.54) is 189 Å². The molecule has 61 heavy (non-hydrogen) atoms. The van der Waals surface area contributed by atoms with E-state index in [0.29, 0.717) is 0 Å². The van der Waals surface area contributed by atoms with Crippen LogP contribution in [0.4, 0.5) is 0 Å². The fraction of sp³-hybridized carbons (Fsp3) is 0.778. The lowest BCUT2D eigenvalue weighted by atomic mass is 9.97. The smallest absolute Gasteiger partial charge is 0.293 e. The average molecular weight is 865 g/mol. The summed E-state index contributed by atoms with van der Waals surface area (Å²) in [5, 5.41) is 0. The van der Waals surface area contributed by atoms with Crippen molar-refractivity contribution in [3.8, 4) is 0 Å². The van der Waals surface area contributed by atoms with Crippen LogP contribution < -0.4 is 0 Å². The van der Waals surface area contributed by atoms with Crippen LogP contribution in [0.5, 0.6) is 0 Å². The summed E-state index contributed by atoms with van der Waals surface area (Å²) in [5.41, 5.74) is 5.54. The molecule has 2 heterocycles. The summed E-state index contributed by atoms with van der Waals surface area (Å²) < 4.78 is 38.7. The summed E-state index contributed by atoms with van der Waals surface area (Å²) in [7, 11) is -4.14. The summed E-state index contributed by atoms with van der Waals surface area (Å²) in [5.74, 6) is 0. The SMILES string of the molecule is CCCCCCCCCCCCCCCCC(COS(=O)(=O)OCC(CCCCCCCCCCCCCCCC)N1CCc2ccccc2C1)N1CCc2ccccc2C1. The molecule has 4 rings (SSSR count). The van der Waals surface area contributed by atoms with Gasteiger partial charge in [0.2, 0.25) is 0 Å². The van der Waals surface area contributed by atoms with Gasteiger partial charge >= 0.3 is 10.4 Å². The monoisotopic (exact) mass is 865 g/mol. The fourth-order valence-corrected chi connectivity index (χ4v) is 10.6. The molecule has 2 aliphatic rings. The maximum Gasteiger partial charge on any atom is 0.399 e. The van der Waals surface area contributed by atoms with Crippen molar-refractivity contribution in [3.63, 3.8) is 0 Å². The molecule has 2 unspecified atom stereocenters. The minimum atomic E-state index is -4.14. The molecule has 2 aromatic carbocycles. The van der Waals surface area contributed by atoms with Crippen LogP contribution in [0.2, 0.25) is 0 Å². The lowest BCUT2D eigenvalue weighted by molar-refractivity contribution is 0.0839. The van der Waals surface area contributed by atoms with Gasteiger partial charge in [0, 0.05) is 38.3 Å². The number of nitrogens with zero attached hydrogens (tertiary/aromatic N) is 2. The van der Waals surface area contributed by atoms with E-state index in [-0.39, 0.29) is 25.3 Å². The van der Waals surface area contributed by atoms with Crippen molar-refractivity contribution in [1.29, 1.82) is 0 Å². The van der Waals surface area contributed by atoms with E-state index in [1.54, 1.807) is 0 Å². The van der Waals surface area contributed by atoms with Gasteiger partial charge in [0.15, 0.2) is 0 Å². The summed E-state index contributed by atoms with van der Waals surface area (Å²) in [6, 6.07) is 17.5. The Labute approximate surface area is 377 Å². The second-order valence-electron chi connectivity index (χ2n) is 19.0. The standard InChI is InChI=1S/C54H92N2O4S/c1-3-5-7-9-11-13-15-17-19-21-23-25-27-29-39-53(55-43-41-49-35-31-33-37-51(49)45-55)47-59-61(57,58)60-48-54(56-44-42-50-36-32-34-38-52(50)46-56)40-30-28-26-24-22-20-18-16-14-12-10-8-6-4-2/h31-38,53-54H,3-30,39-48H2,1-2H3. The minimum absolute atomic E-state index is 0.0500. The average Bonchev–Trinajstić information content (AvgIpc) is 3.28. The van der Waals surface area contributed by atoms with Gasteiger partial charge in [-0.15, -0.1) is 0 Å². The summed E-state index contributed by atoms with van der Waals surface area (Å²) in [6.45, 7) is 8.45. The Balaban J connectivity index is 1.20. The molecule has 2 atom stereocenters. The van der Waals surface area contributed by atoms with E-state index < -0.39 is 10.4 Å². The number of unbranched alkanes of at least 4 members (excludes halogenated alkanes) is 26. The number of benzene rings is 2. The molecular formula is C54H92N2O4S. The highest BCUT2D eigenvalue weighted by Crippen LogP contribution is 2.26. The molecule has 0 saturated carbocycles. The summed E-state index contributed by atoms with van der Waals surface area (Å²) in [6.07, 6.45) is 41.3. The van der Waals surface area contributed by atoms with Crippen molar-refractivity contribution in [2.75, 3.05) is 26.3 Å². The van der Waals surface area contributed by atoms with Crippen LogP contribution in [0.1, 0.15) is 229 Å². The van der Waals surface area contributed by atoms with Crippen LogP contribution in [0.15, 0.2) is 48.5 Å². The molecule has 0 spiro atoms.